The van der Waals surface area contributed by atoms with Gasteiger partial charge in [-0.05, 0) is 106 Å². The first-order chi connectivity index (χ1) is 16.7. The van der Waals surface area contributed by atoms with Crippen LogP contribution in [-0.4, -0.2) is 57.2 Å². The van der Waals surface area contributed by atoms with E-state index >= 15 is 0 Å². The molecule has 35 heavy (non-hydrogen) atoms. The molecule has 2 aromatic heterocycles. The first-order valence-corrected chi connectivity index (χ1v) is 14.1. The van der Waals surface area contributed by atoms with Crippen LogP contribution in [0.1, 0.15) is 71.9 Å². The summed E-state index contributed by atoms with van der Waals surface area (Å²) in [6.07, 6.45) is 9.29. The first kappa shape index (κ1) is 23.7. The molecule has 4 heterocycles. The van der Waals surface area contributed by atoms with Gasteiger partial charge >= 0.3 is 6.09 Å². The van der Waals surface area contributed by atoms with E-state index in [1.807, 2.05) is 31.6 Å². The Morgan fingerprint density at radius 3 is 2.80 bits per heavy atom. The molecule has 2 aliphatic heterocycles. The van der Waals surface area contributed by atoms with Gasteiger partial charge in [0.2, 0.25) is 0 Å². The number of anilines is 1. The highest BCUT2D eigenvalue weighted by Gasteiger charge is 2.62. The fourth-order valence-corrected chi connectivity index (χ4v) is 7.16. The van der Waals surface area contributed by atoms with Crippen molar-refractivity contribution in [1.82, 2.24) is 25.1 Å². The molecular weight excluding hydrogens is 559 g/mol. The third-order valence-corrected chi connectivity index (χ3v) is 8.99. The van der Waals surface area contributed by atoms with E-state index in [2.05, 4.69) is 32.8 Å². The van der Waals surface area contributed by atoms with E-state index in [9.17, 15) is 4.79 Å². The van der Waals surface area contributed by atoms with Gasteiger partial charge in [0, 0.05) is 25.7 Å². The number of nitrogens with one attached hydrogen (secondary N) is 1. The lowest BCUT2D eigenvalue weighted by Gasteiger charge is -2.45. The minimum Gasteiger partial charge on any atom is -0.444 e. The summed E-state index contributed by atoms with van der Waals surface area (Å²) < 4.78 is 14.4. The zero-order valence-electron chi connectivity index (χ0n) is 20.8. The van der Waals surface area contributed by atoms with Gasteiger partial charge in [0.1, 0.15) is 16.9 Å². The quantitative estimate of drug-likeness (QED) is 0.518. The van der Waals surface area contributed by atoms with Gasteiger partial charge in [-0.15, -0.1) is 0 Å². The van der Waals surface area contributed by atoms with Crippen molar-refractivity contribution >= 4 is 45.7 Å². The number of rotatable bonds is 3. The van der Waals surface area contributed by atoms with Crippen molar-refractivity contribution in [2.24, 2.45) is 17.3 Å². The second-order valence-corrected chi connectivity index (χ2v) is 12.8. The Kier molecular flexibility index (Phi) is 5.89. The molecule has 4 aliphatic rings. The molecule has 0 aromatic carbocycles. The summed E-state index contributed by atoms with van der Waals surface area (Å²) in [7, 11) is 0. The number of halogens is 1. The number of hydrogen-bond acceptors (Lipinski definition) is 7. The number of carbonyl (C=O) groups is 1. The molecule has 2 aromatic rings. The molecule has 2 saturated heterocycles. The van der Waals surface area contributed by atoms with E-state index < -0.39 is 5.60 Å². The normalized spacial score (nSPS) is 29.9. The number of ether oxygens (including phenoxy) is 2. The van der Waals surface area contributed by atoms with Crippen LogP contribution in [0.15, 0.2) is 6.20 Å². The maximum atomic E-state index is 12.6. The second-order valence-electron chi connectivity index (χ2n) is 11.8. The Bertz CT molecular complexity index is 1120. The molecule has 10 heteroatoms. The summed E-state index contributed by atoms with van der Waals surface area (Å²) in [6.45, 7) is 8.35. The Balaban J connectivity index is 1.18. The van der Waals surface area contributed by atoms with Gasteiger partial charge < -0.3 is 19.7 Å². The molecule has 1 spiro atoms. The lowest BCUT2D eigenvalue weighted by molar-refractivity contribution is -0.0372. The van der Waals surface area contributed by atoms with E-state index in [1.165, 1.54) is 12.8 Å². The average molecular weight is 594 g/mol. The highest BCUT2D eigenvalue weighted by atomic mass is 127. The number of alkyl carbamates (subject to hydrolysis) is 1. The molecule has 0 radical (unpaired) electrons. The van der Waals surface area contributed by atoms with E-state index in [-0.39, 0.29) is 23.8 Å². The molecule has 6 rings (SSSR count). The van der Waals surface area contributed by atoms with Crippen molar-refractivity contribution in [1.29, 1.82) is 0 Å². The molecular formula is C25H35IN6O3. The van der Waals surface area contributed by atoms with Crippen molar-refractivity contribution in [3.05, 3.63) is 9.90 Å². The third kappa shape index (κ3) is 4.49. The lowest BCUT2D eigenvalue weighted by Crippen LogP contribution is -2.53. The summed E-state index contributed by atoms with van der Waals surface area (Å²) in [5.74, 6) is 2.27. The highest BCUT2D eigenvalue weighted by molar-refractivity contribution is 14.1. The van der Waals surface area contributed by atoms with Gasteiger partial charge in [-0.2, -0.15) is 5.10 Å². The Morgan fingerprint density at radius 2 is 2.09 bits per heavy atom. The van der Waals surface area contributed by atoms with E-state index in [1.54, 1.807) is 0 Å². The van der Waals surface area contributed by atoms with Crippen molar-refractivity contribution in [2.75, 3.05) is 24.6 Å². The van der Waals surface area contributed by atoms with Crippen molar-refractivity contribution in [3.63, 3.8) is 0 Å². The third-order valence-electron chi connectivity index (χ3n) is 8.27. The Labute approximate surface area is 219 Å². The number of fused-ring (bicyclic) bond motifs is 2. The number of nitrogens with zero attached hydrogens (tertiary/aromatic N) is 5. The highest BCUT2D eigenvalue weighted by Crippen LogP contribution is 2.63. The van der Waals surface area contributed by atoms with Crippen LogP contribution in [0.3, 0.4) is 0 Å². The zero-order valence-corrected chi connectivity index (χ0v) is 23.0. The molecule has 2 saturated carbocycles. The SMILES string of the molecule is CC(C)(C)OC(=O)NC1C2CC2CC12CCN(c1cnc3c(I)nn(C4CCCCO4)c3n1)CC2. The van der Waals surface area contributed by atoms with Crippen LogP contribution < -0.4 is 10.2 Å². The molecule has 4 atom stereocenters. The number of piperidine rings is 1. The van der Waals surface area contributed by atoms with Gasteiger partial charge in [0.25, 0.3) is 0 Å². The van der Waals surface area contributed by atoms with Crippen LogP contribution in [0.4, 0.5) is 10.6 Å². The lowest BCUT2D eigenvalue weighted by atomic mass is 9.71. The maximum Gasteiger partial charge on any atom is 0.407 e. The van der Waals surface area contributed by atoms with Crippen LogP contribution >= 0.6 is 22.6 Å². The van der Waals surface area contributed by atoms with E-state index in [0.29, 0.717) is 5.92 Å². The smallest absolute Gasteiger partial charge is 0.407 e. The summed E-state index contributed by atoms with van der Waals surface area (Å²) in [5.41, 5.74) is 1.33. The number of hydrogen-bond donors (Lipinski definition) is 1. The van der Waals surface area contributed by atoms with Gasteiger partial charge in [0.15, 0.2) is 15.6 Å². The maximum absolute atomic E-state index is 12.6. The topological polar surface area (TPSA) is 94.4 Å². The fraction of sp³-hybridized carbons (Fsp3) is 0.760. The van der Waals surface area contributed by atoms with Crippen molar-refractivity contribution in [3.8, 4) is 0 Å². The standard InChI is InChI=1S/C25H35IN6O3/c1-24(2,3)35-23(33)29-20-16-12-15(16)13-25(20)7-9-31(10-8-25)17-14-27-19-21(26)30-32(22(19)28-17)18-6-4-5-11-34-18/h14-16,18,20H,4-13H2,1-3H3,(H,29,33). The average Bonchev–Trinajstić information content (AvgIpc) is 3.41. The minimum absolute atomic E-state index is 0.0613. The molecule has 190 valence electrons. The van der Waals surface area contributed by atoms with Gasteiger partial charge in [-0.25, -0.2) is 19.4 Å². The predicted octanol–water partition coefficient (Wildman–Crippen LogP) is 4.65. The molecule has 4 fully saturated rings. The van der Waals surface area contributed by atoms with Crippen LogP contribution in [-0.2, 0) is 9.47 Å². The summed E-state index contributed by atoms with van der Waals surface area (Å²) in [6, 6.07) is 0.213. The van der Waals surface area contributed by atoms with Gasteiger partial charge in [0.05, 0.1) is 6.20 Å². The molecule has 1 amide bonds. The largest absolute Gasteiger partial charge is 0.444 e. The van der Waals surface area contributed by atoms with E-state index in [0.717, 1.165) is 78.4 Å². The number of carbonyl (C=O) groups excluding carboxylic acids is 1. The molecule has 9 nitrogen and oxygen atoms in total. The summed E-state index contributed by atoms with van der Waals surface area (Å²) >= 11 is 2.24. The van der Waals surface area contributed by atoms with Gasteiger partial charge in [-0.1, -0.05) is 0 Å². The first-order valence-electron chi connectivity index (χ1n) is 13.0. The summed E-state index contributed by atoms with van der Waals surface area (Å²) in [5, 5.41) is 7.99. The predicted molar refractivity (Wildman–Crippen MR) is 140 cm³/mol. The molecule has 2 aliphatic carbocycles. The fourth-order valence-electron chi connectivity index (χ4n) is 6.54. The van der Waals surface area contributed by atoms with Crippen LogP contribution in [0.2, 0.25) is 0 Å². The Hall–Kier alpha value is -1.69. The van der Waals surface area contributed by atoms with Crippen LogP contribution in [0.5, 0.6) is 0 Å². The van der Waals surface area contributed by atoms with Crippen molar-refractivity contribution < 1.29 is 14.3 Å². The van der Waals surface area contributed by atoms with Crippen LogP contribution in [0.25, 0.3) is 11.2 Å². The monoisotopic (exact) mass is 594 g/mol. The number of aromatic nitrogens is 4. The Morgan fingerprint density at radius 1 is 1.29 bits per heavy atom. The summed E-state index contributed by atoms with van der Waals surface area (Å²) in [4.78, 5) is 24.7. The molecule has 0 bridgehead atoms. The zero-order chi connectivity index (χ0) is 24.4. The van der Waals surface area contributed by atoms with Gasteiger partial charge in [-0.3, -0.25) is 0 Å². The number of amides is 1. The van der Waals surface area contributed by atoms with E-state index in [4.69, 9.17) is 24.5 Å². The van der Waals surface area contributed by atoms with Crippen molar-refractivity contribution in [2.45, 2.75) is 83.6 Å². The second kappa shape index (κ2) is 8.71. The minimum atomic E-state index is -0.480. The molecule has 4 unspecified atom stereocenters. The molecule has 1 N–H and O–H groups in total. The van der Waals surface area contributed by atoms with Crippen LogP contribution in [0, 0.1) is 21.0 Å².